The second-order valence-corrected chi connectivity index (χ2v) is 5.43. The van der Waals surface area contributed by atoms with Gasteiger partial charge >= 0.3 is 0 Å². The number of carbonyl (C=O) groups excluding carboxylic acids is 1. The SMILES string of the molecule is O=C(CCc1ccccc1O)Nc1ccc(I)cc1. The van der Waals surface area contributed by atoms with Crippen LogP contribution in [0.5, 0.6) is 5.75 Å². The standard InChI is InChI=1S/C15H14INO2/c16-12-6-8-13(9-7-12)17-15(19)10-5-11-3-1-2-4-14(11)18/h1-4,6-9,18H,5,10H2,(H,17,19). The summed E-state index contributed by atoms with van der Waals surface area (Å²) in [7, 11) is 0. The minimum atomic E-state index is -0.0514. The van der Waals surface area contributed by atoms with Crippen molar-refractivity contribution in [1.29, 1.82) is 0 Å². The molecular weight excluding hydrogens is 353 g/mol. The molecule has 1 amide bonds. The summed E-state index contributed by atoms with van der Waals surface area (Å²) in [5, 5.41) is 12.4. The Balaban J connectivity index is 1.88. The van der Waals surface area contributed by atoms with Gasteiger partial charge in [0.1, 0.15) is 5.75 Å². The highest BCUT2D eigenvalue weighted by molar-refractivity contribution is 14.1. The number of aromatic hydroxyl groups is 1. The molecule has 98 valence electrons. The summed E-state index contributed by atoms with van der Waals surface area (Å²) in [5.41, 5.74) is 1.59. The lowest BCUT2D eigenvalue weighted by atomic mass is 10.1. The van der Waals surface area contributed by atoms with Crippen molar-refractivity contribution in [2.45, 2.75) is 12.8 Å². The number of hydrogen-bond donors (Lipinski definition) is 2. The minimum absolute atomic E-state index is 0.0514. The Hall–Kier alpha value is -1.56. The number of anilines is 1. The van der Waals surface area contributed by atoms with Crippen LogP contribution in [-0.2, 0) is 11.2 Å². The van der Waals surface area contributed by atoms with Crippen molar-refractivity contribution in [3.8, 4) is 5.75 Å². The van der Waals surface area contributed by atoms with Gasteiger partial charge in [-0.15, -0.1) is 0 Å². The average Bonchev–Trinajstić information content (AvgIpc) is 2.40. The van der Waals surface area contributed by atoms with Crippen molar-refractivity contribution in [2.24, 2.45) is 0 Å². The van der Waals surface area contributed by atoms with Crippen molar-refractivity contribution in [1.82, 2.24) is 0 Å². The van der Waals surface area contributed by atoms with Crippen molar-refractivity contribution in [2.75, 3.05) is 5.32 Å². The molecular formula is C15H14INO2. The molecule has 0 aliphatic rings. The molecule has 0 bridgehead atoms. The first-order chi connectivity index (χ1) is 9.15. The molecule has 0 heterocycles. The van der Waals surface area contributed by atoms with E-state index in [0.717, 1.165) is 14.8 Å². The van der Waals surface area contributed by atoms with Crippen LogP contribution in [-0.4, -0.2) is 11.0 Å². The largest absolute Gasteiger partial charge is 0.508 e. The molecule has 0 atom stereocenters. The molecule has 3 nitrogen and oxygen atoms in total. The molecule has 2 aromatic rings. The third-order valence-corrected chi connectivity index (χ3v) is 3.46. The fourth-order valence-electron chi connectivity index (χ4n) is 1.73. The van der Waals surface area contributed by atoms with Crippen LogP contribution < -0.4 is 5.32 Å². The third-order valence-electron chi connectivity index (χ3n) is 2.74. The van der Waals surface area contributed by atoms with Crippen LogP contribution in [0.25, 0.3) is 0 Å². The van der Waals surface area contributed by atoms with Crippen LogP contribution in [0.3, 0.4) is 0 Å². The predicted octanol–water partition coefficient (Wildman–Crippen LogP) is 3.57. The summed E-state index contributed by atoms with van der Waals surface area (Å²) in [6.45, 7) is 0. The van der Waals surface area contributed by atoms with Gasteiger partial charge in [0.05, 0.1) is 0 Å². The summed E-state index contributed by atoms with van der Waals surface area (Å²) >= 11 is 2.22. The van der Waals surface area contributed by atoms with Crippen LogP contribution >= 0.6 is 22.6 Å². The number of aryl methyl sites for hydroxylation is 1. The number of rotatable bonds is 4. The zero-order chi connectivity index (χ0) is 13.7. The van der Waals surface area contributed by atoms with E-state index in [4.69, 9.17) is 0 Å². The van der Waals surface area contributed by atoms with E-state index in [9.17, 15) is 9.90 Å². The zero-order valence-electron chi connectivity index (χ0n) is 10.3. The van der Waals surface area contributed by atoms with Crippen molar-refractivity contribution in [3.63, 3.8) is 0 Å². The van der Waals surface area contributed by atoms with Gasteiger partial charge in [-0.1, -0.05) is 18.2 Å². The zero-order valence-corrected chi connectivity index (χ0v) is 12.4. The molecule has 4 heteroatoms. The van der Waals surface area contributed by atoms with Crippen LogP contribution in [0.1, 0.15) is 12.0 Å². The first-order valence-corrected chi connectivity index (χ1v) is 7.05. The predicted molar refractivity (Wildman–Crippen MR) is 84.2 cm³/mol. The maximum atomic E-state index is 11.8. The molecule has 0 saturated carbocycles. The lowest BCUT2D eigenvalue weighted by Gasteiger charge is -2.06. The molecule has 0 aliphatic heterocycles. The number of hydrogen-bond acceptors (Lipinski definition) is 2. The molecule has 19 heavy (non-hydrogen) atoms. The molecule has 0 fully saturated rings. The average molecular weight is 367 g/mol. The van der Waals surface area contributed by atoms with Crippen LogP contribution in [0.2, 0.25) is 0 Å². The van der Waals surface area contributed by atoms with Crippen LogP contribution in [0.15, 0.2) is 48.5 Å². The lowest BCUT2D eigenvalue weighted by Crippen LogP contribution is -2.12. The fourth-order valence-corrected chi connectivity index (χ4v) is 2.09. The number of amides is 1. The second kappa shape index (κ2) is 6.56. The maximum absolute atomic E-state index is 11.8. The highest BCUT2D eigenvalue weighted by Gasteiger charge is 2.05. The number of carbonyl (C=O) groups is 1. The Morgan fingerprint density at radius 3 is 2.47 bits per heavy atom. The Kier molecular flexibility index (Phi) is 4.79. The Morgan fingerprint density at radius 2 is 1.79 bits per heavy atom. The maximum Gasteiger partial charge on any atom is 0.224 e. The molecule has 0 saturated heterocycles. The first-order valence-electron chi connectivity index (χ1n) is 5.97. The highest BCUT2D eigenvalue weighted by atomic mass is 127. The summed E-state index contributed by atoms with van der Waals surface area (Å²) in [5.74, 6) is 0.189. The molecule has 2 aromatic carbocycles. The summed E-state index contributed by atoms with van der Waals surface area (Å²) < 4.78 is 1.13. The van der Waals surface area contributed by atoms with E-state index in [0.29, 0.717) is 12.8 Å². The van der Waals surface area contributed by atoms with Crippen molar-refractivity contribution >= 4 is 34.2 Å². The van der Waals surface area contributed by atoms with E-state index in [2.05, 4.69) is 27.9 Å². The van der Waals surface area contributed by atoms with Gasteiger partial charge in [-0.3, -0.25) is 4.79 Å². The molecule has 0 unspecified atom stereocenters. The first kappa shape index (κ1) is 13.9. The van der Waals surface area contributed by atoms with E-state index in [1.807, 2.05) is 36.4 Å². The van der Waals surface area contributed by atoms with E-state index in [1.165, 1.54) is 0 Å². The number of para-hydroxylation sites is 1. The molecule has 0 aliphatic carbocycles. The normalized spacial score (nSPS) is 10.2. The molecule has 0 radical (unpaired) electrons. The monoisotopic (exact) mass is 367 g/mol. The minimum Gasteiger partial charge on any atom is -0.508 e. The van der Waals surface area contributed by atoms with Gasteiger partial charge < -0.3 is 10.4 Å². The van der Waals surface area contributed by atoms with E-state index in [-0.39, 0.29) is 11.7 Å². The number of benzene rings is 2. The Labute approximate surface area is 125 Å². The van der Waals surface area contributed by atoms with Gasteiger partial charge in [0.2, 0.25) is 5.91 Å². The third kappa shape index (κ3) is 4.24. The topological polar surface area (TPSA) is 49.3 Å². The molecule has 2 rings (SSSR count). The van der Waals surface area contributed by atoms with Gasteiger partial charge in [-0.2, -0.15) is 0 Å². The molecule has 0 aromatic heterocycles. The van der Waals surface area contributed by atoms with Gasteiger partial charge in [0.25, 0.3) is 0 Å². The molecule has 2 N–H and O–H groups in total. The number of phenols is 1. The van der Waals surface area contributed by atoms with Crippen molar-refractivity contribution < 1.29 is 9.90 Å². The summed E-state index contributed by atoms with van der Waals surface area (Å²) in [6.07, 6.45) is 0.881. The number of phenolic OH excluding ortho intramolecular Hbond substituents is 1. The van der Waals surface area contributed by atoms with Gasteiger partial charge in [-0.25, -0.2) is 0 Å². The highest BCUT2D eigenvalue weighted by Crippen LogP contribution is 2.18. The number of nitrogens with one attached hydrogen (secondary N) is 1. The smallest absolute Gasteiger partial charge is 0.224 e. The van der Waals surface area contributed by atoms with Crippen LogP contribution in [0.4, 0.5) is 5.69 Å². The fraction of sp³-hybridized carbons (Fsp3) is 0.133. The van der Waals surface area contributed by atoms with E-state index >= 15 is 0 Å². The summed E-state index contributed by atoms with van der Waals surface area (Å²) in [6, 6.07) is 14.7. The van der Waals surface area contributed by atoms with Gasteiger partial charge in [0.15, 0.2) is 0 Å². The second-order valence-electron chi connectivity index (χ2n) is 4.18. The Bertz CT molecular complexity index is 567. The molecule has 0 spiro atoms. The van der Waals surface area contributed by atoms with E-state index in [1.54, 1.807) is 12.1 Å². The number of halogens is 1. The van der Waals surface area contributed by atoms with Crippen LogP contribution in [0, 0.1) is 3.57 Å². The van der Waals surface area contributed by atoms with Crippen molar-refractivity contribution in [3.05, 3.63) is 57.7 Å². The van der Waals surface area contributed by atoms with Gasteiger partial charge in [-0.05, 0) is 64.9 Å². The van der Waals surface area contributed by atoms with Gasteiger partial charge in [0, 0.05) is 15.7 Å². The quantitative estimate of drug-likeness (QED) is 0.812. The summed E-state index contributed by atoms with van der Waals surface area (Å²) in [4.78, 5) is 11.8. The lowest BCUT2D eigenvalue weighted by molar-refractivity contribution is -0.116. The Morgan fingerprint density at radius 1 is 1.11 bits per heavy atom. The van der Waals surface area contributed by atoms with E-state index < -0.39 is 0 Å².